The first-order valence-electron chi connectivity index (χ1n) is 8.73. The molecule has 0 unspecified atom stereocenters. The Kier molecular flexibility index (Phi) is 4.96. The van der Waals surface area contributed by atoms with Crippen molar-refractivity contribution in [3.63, 3.8) is 0 Å². The van der Waals surface area contributed by atoms with Gasteiger partial charge in [-0.15, -0.1) is 0 Å². The highest BCUT2D eigenvalue weighted by atomic mass is 16.6. The number of hydrogen-bond acceptors (Lipinski definition) is 8. The van der Waals surface area contributed by atoms with E-state index < -0.39 is 23.9 Å². The molecule has 0 saturated carbocycles. The number of esters is 4. The summed E-state index contributed by atoms with van der Waals surface area (Å²) in [7, 11) is 0. The van der Waals surface area contributed by atoms with E-state index in [0.29, 0.717) is 21.8 Å². The number of hydrogen-bond donors (Lipinski definition) is 0. The van der Waals surface area contributed by atoms with Gasteiger partial charge in [0.15, 0.2) is 0 Å². The first-order valence-corrected chi connectivity index (χ1v) is 8.73. The normalized spacial score (nSPS) is 10.5. The predicted octanol–water partition coefficient (Wildman–Crippen LogP) is 2.85. The van der Waals surface area contributed by atoms with Gasteiger partial charge in [0.05, 0.1) is 22.2 Å². The Morgan fingerprint density at radius 1 is 0.600 bits per heavy atom. The van der Waals surface area contributed by atoms with E-state index in [-0.39, 0.29) is 11.1 Å². The first kappa shape index (κ1) is 18.9. The van der Waals surface area contributed by atoms with E-state index in [1.807, 2.05) is 0 Å². The van der Waals surface area contributed by atoms with Gasteiger partial charge < -0.3 is 9.47 Å². The van der Waals surface area contributed by atoms with E-state index in [1.165, 1.54) is 24.5 Å². The fourth-order valence-corrected chi connectivity index (χ4v) is 2.73. The number of para-hydroxylation sites is 2. The lowest BCUT2D eigenvalue weighted by atomic mass is 10.1. The lowest BCUT2D eigenvalue weighted by Crippen LogP contribution is -2.26. The molecule has 2 heterocycles. The maximum Gasteiger partial charge on any atom is 0.425 e. The van der Waals surface area contributed by atoms with Crippen molar-refractivity contribution in [2.45, 2.75) is 0 Å². The molecule has 8 heteroatoms. The number of nitrogens with zero attached hydrogens (tertiary/aromatic N) is 2. The minimum absolute atomic E-state index is 0.0279. The van der Waals surface area contributed by atoms with Crippen LogP contribution < -0.4 is 0 Å². The summed E-state index contributed by atoms with van der Waals surface area (Å²) >= 11 is 0. The van der Waals surface area contributed by atoms with E-state index in [1.54, 1.807) is 48.5 Å². The molecule has 30 heavy (non-hydrogen) atoms. The van der Waals surface area contributed by atoms with Gasteiger partial charge in [-0.05, 0) is 24.3 Å². The van der Waals surface area contributed by atoms with Gasteiger partial charge in [0.2, 0.25) is 0 Å². The summed E-state index contributed by atoms with van der Waals surface area (Å²) in [6, 6.07) is 17.0. The fraction of sp³-hybridized carbons (Fsp3) is 0. The van der Waals surface area contributed by atoms with Crippen molar-refractivity contribution in [1.82, 2.24) is 9.97 Å². The Balaban J connectivity index is 1.42. The number of fused-ring (bicyclic) bond motifs is 2. The monoisotopic (exact) mass is 400 g/mol. The molecule has 0 spiro atoms. The van der Waals surface area contributed by atoms with Gasteiger partial charge in [-0.3, -0.25) is 9.97 Å². The topological polar surface area (TPSA) is 113 Å². The third-order valence-corrected chi connectivity index (χ3v) is 4.19. The summed E-state index contributed by atoms with van der Waals surface area (Å²) < 4.78 is 8.99. The van der Waals surface area contributed by atoms with Gasteiger partial charge in [-0.1, -0.05) is 36.4 Å². The first-order chi connectivity index (χ1) is 14.5. The number of pyridine rings is 2. The lowest BCUT2D eigenvalue weighted by molar-refractivity contribution is -0.160. The number of rotatable bonds is 2. The van der Waals surface area contributed by atoms with Gasteiger partial charge in [0.25, 0.3) is 0 Å². The number of aromatic nitrogens is 2. The third kappa shape index (κ3) is 3.88. The Bertz CT molecular complexity index is 1230. The molecular formula is C22H12N2O6. The zero-order valence-electron chi connectivity index (χ0n) is 15.3. The Morgan fingerprint density at radius 3 is 1.43 bits per heavy atom. The van der Waals surface area contributed by atoms with Crippen LogP contribution in [0.1, 0.15) is 20.7 Å². The van der Waals surface area contributed by atoms with E-state index in [0.717, 1.165) is 0 Å². The molecule has 0 atom stereocenters. The summed E-state index contributed by atoms with van der Waals surface area (Å²) in [5, 5.41) is 1.31. The van der Waals surface area contributed by atoms with Crippen LogP contribution in [0.4, 0.5) is 0 Å². The fourth-order valence-electron chi connectivity index (χ4n) is 2.73. The largest absolute Gasteiger partial charge is 0.425 e. The molecule has 4 aromatic rings. The average molecular weight is 400 g/mol. The van der Waals surface area contributed by atoms with Crippen LogP contribution in [0, 0.1) is 0 Å². The Labute approximate surface area is 169 Å². The van der Waals surface area contributed by atoms with Gasteiger partial charge in [-0.2, -0.15) is 0 Å². The van der Waals surface area contributed by atoms with Crippen molar-refractivity contribution in [2.24, 2.45) is 0 Å². The van der Waals surface area contributed by atoms with Crippen LogP contribution in [0.3, 0.4) is 0 Å². The van der Waals surface area contributed by atoms with Gasteiger partial charge in [0, 0.05) is 23.2 Å². The molecule has 0 N–H and O–H groups in total. The van der Waals surface area contributed by atoms with E-state index >= 15 is 0 Å². The lowest BCUT2D eigenvalue weighted by Gasteiger charge is -2.05. The summed E-state index contributed by atoms with van der Waals surface area (Å²) in [5.41, 5.74) is 1.24. The van der Waals surface area contributed by atoms with Crippen LogP contribution >= 0.6 is 0 Å². The highest BCUT2D eigenvalue weighted by Crippen LogP contribution is 2.15. The van der Waals surface area contributed by atoms with Gasteiger partial charge in [0.1, 0.15) is 0 Å². The predicted molar refractivity (Wildman–Crippen MR) is 104 cm³/mol. The Hall–Kier alpha value is -4.46. The summed E-state index contributed by atoms with van der Waals surface area (Å²) in [4.78, 5) is 56.1. The third-order valence-electron chi connectivity index (χ3n) is 4.19. The minimum Gasteiger partial charge on any atom is -0.381 e. The molecule has 4 rings (SSSR count). The molecule has 0 radical (unpaired) electrons. The smallest absolute Gasteiger partial charge is 0.381 e. The maximum absolute atomic E-state index is 12.1. The van der Waals surface area contributed by atoms with E-state index in [9.17, 15) is 19.2 Å². The minimum atomic E-state index is -1.62. The van der Waals surface area contributed by atoms with Crippen LogP contribution in [0.2, 0.25) is 0 Å². The molecule has 0 amide bonds. The number of carbonyl (C=O) groups excluding carboxylic acids is 4. The molecule has 0 fully saturated rings. The van der Waals surface area contributed by atoms with Crippen LogP contribution in [0.5, 0.6) is 0 Å². The van der Waals surface area contributed by atoms with Crippen molar-refractivity contribution < 1.29 is 28.7 Å². The summed E-state index contributed by atoms with van der Waals surface area (Å²) in [6.07, 6.45) is 2.43. The van der Waals surface area contributed by atoms with Crippen molar-refractivity contribution in [1.29, 1.82) is 0 Å². The molecular weight excluding hydrogens is 388 g/mol. The zero-order valence-corrected chi connectivity index (χ0v) is 15.3. The van der Waals surface area contributed by atoms with Crippen LogP contribution in [0.15, 0.2) is 73.1 Å². The SMILES string of the molecule is O=C(OC(=O)c1cnc2ccccc2c1)C(=O)OC(=O)c1cnc2ccccc2c1. The molecule has 0 aliphatic rings. The standard InChI is InChI=1S/C22H12N2O6/c25-19(15-9-13-5-1-3-7-17(13)23-11-15)29-21(27)22(28)30-20(26)16-10-14-6-2-4-8-18(14)24-12-16/h1-12H. The van der Waals surface area contributed by atoms with Gasteiger partial charge in [-0.25, -0.2) is 19.2 Å². The second-order valence-corrected chi connectivity index (χ2v) is 6.19. The molecule has 146 valence electrons. The maximum atomic E-state index is 12.1. The van der Waals surface area contributed by atoms with E-state index in [2.05, 4.69) is 19.4 Å². The Morgan fingerprint density at radius 2 is 1.00 bits per heavy atom. The molecule has 0 saturated heterocycles. The number of ether oxygens (including phenoxy) is 2. The van der Waals surface area contributed by atoms with Crippen molar-refractivity contribution in [2.75, 3.05) is 0 Å². The second-order valence-electron chi connectivity index (χ2n) is 6.19. The van der Waals surface area contributed by atoms with Crippen molar-refractivity contribution in [3.8, 4) is 0 Å². The highest BCUT2D eigenvalue weighted by molar-refractivity contribution is 6.34. The number of benzene rings is 2. The molecule has 8 nitrogen and oxygen atoms in total. The quantitative estimate of drug-likeness (QED) is 0.287. The van der Waals surface area contributed by atoms with Crippen LogP contribution in [-0.4, -0.2) is 33.8 Å². The average Bonchev–Trinajstić information content (AvgIpc) is 2.78. The van der Waals surface area contributed by atoms with Gasteiger partial charge >= 0.3 is 23.9 Å². The van der Waals surface area contributed by atoms with E-state index in [4.69, 9.17) is 0 Å². The van der Waals surface area contributed by atoms with Crippen molar-refractivity contribution in [3.05, 3.63) is 84.2 Å². The molecule has 0 aliphatic heterocycles. The van der Waals surface area contributed by atoms with Crippen molar-refractivity contribution >= 4 is 45.7 Å². The highest BCUT2D eigenvalue weighted by Gasteiger charge is 2.26. The zero-order chi connectivity index (χ0) is 21.1. The molecule has 2 aromatic carbocycles. The molecule has 0 aliphatic carbocycles. The van der Waals surface area contributed by atoms with Crippen LogP contribution in [0.25, 0.3) is 21.8 Å². The number of carbonyl (C=O) groups is 4. The second kappa shape index (κ2) is 7.88. The summed E-state index contributed by atoms with van der Waals surface area (Å²) in [6.45, 7) is 0. The summed E-state index contributed by atoms with van der Waals surface area (Å²) in [5.74, 6) is -5.41. The van der Waals surface area contributed by atoms with Crippen LogP contribution in [-0.2, 0) is 19.1 Å². The molecule has 2 aromatic heterocycles. The molecule has 0 bridgehead atoms.